The predicted molar refractivity (Wildman–Crippen MR) is 71.0 cm³/mol. The van der Waals surface area contributed by atoms with Crippen LogP contribution in [-0.2, 0) is 13.0 Å². The Morgan fingerprint density at radius 3 is 2.95 bits per heavy atom. The van der Waals surface area contributed by atoms with Crippen molar-refractivity contribution in [3.8, 4) is 0 Å². The molecule has 0 spiro atoms. The fourth-order valence-corrected chi connectivity index (χ4v) is 2.12. The van der Waals surface area contributed by atoms with E-state index in [2.05, 4.69) is 17.2 Å². The van der Waals surface area contributed by atoms with Gasteiger partial charge in [-0.2, -0.15) is 0 Å². The fourth-order valence-electron chi connectivity index (χ4n) is 2.12. The molecule has 2 heterocycles. The third-order valence-corrected chi connectivity index (χ3v) is 3.11. The van der Waals surface area contributed by atoms with E-state index in [4.69, 9.17) is 4.42 Å². The summed E-state index contributed by atoms with van der Waals surface area (Å²) < 4.78 is 6.95. The van der Waals surface area contributed by atoms with E-state index < -0.39 is 0 Å². The Balaban J connectivity index is 2.15. The standard InChI is InChI=1S/C14H13N3O2/c1-2-10-3-4-12-11(9-17-6-5-15-16-17)8-14(18)19-13(12)7-10/h3-8H,2,9H2,1H3. The van der Waals surface area contributed by atoms with Gasteiger partial charge in [-0.3, -0.25) is 0 Å². The van der Waals surface area contributed by atoms with E-state index in [-0.39, 0.29) is 5.63 Å². The number of benzene rings is 1. The van der Waals surface area contributed by atoms with Crippen LogP contribution in [0.3, 0.4) is 0 Å². The molecule has 0 unspecified atom stereocenters. The number of aromatic nitrogens is 3. The molecule has 0 saturated carbocycles. The summed E-state index contributed by atoms with van der Waals surface area (Å²) in [6.07, 6.45) is 4.29. The van der Waals surface area contributed by atoms with Crippen LogP contribution in [0.1, 0.15) is 18.1 Å². The van der Waals surface area contributed by atoms with Crippen molar-refractivity contribution in [2.24, 2.45) is 0 Å². The second-order valence-corrected chi connectivity index (χ2v) is 4.38. The van der Waals surface area contributed by atoms with Gasteiger partial charge in [0.05, 0.1) is 12.7 Å². The Bertz CT molecular complexity index is 760. The number of hydrogen-bond acceptors (Lipinski definition) is 4. The summed E-state index contributed by atoms with van der Waals surface area (Å²) >= 11 is 0. The van der Waals surface area contributed by atoms with Gasteiger partial charge in [-0.25, -0.2) is 9.48 Å². The summed E-state index contributed by atoms with van der Waals surface area (Å²) in [7, 11) is 0. The van der Waals surface area contributed by atoms with Crippen molar-refractivity contribution in [1.82, 2.24) is 15.0 Å². The van der Waals surface area contributed by atoms with E-state index in [0.717, 1.165) is 22.9 Å². The molecular formula is C14H13N3O2. The van der Waals surface area contributed by atoms with Crippen LogP contribution in [0.2, 0.25) is 0 Å². The summed E-state index contributed by atoms with van der Waals surface area (Å²) in [6, 6.07) is 7.47. The smallest absolute Gasteiger partial charge is 0.336 e. The zero-order valence-electron chi connectivity index (χ0n) is 10.5. The molecule has 3 rings (SSSR count). The Kier molecular flexibility index (Phi) is 2.87. The van der Waals surface area contributed by atoms with Crippen molar-refractivity contribution < 1.29 is 4.42 Å². The average molecular weight is 255 g/mol. The molecule has 2 aromatic heterocycles. The molecular weight excluding hydrogens is 242 g/mol. The largest absolute Gasteiger partial charge is 0.423 e. The monoisotopic (exact) mass is 255 g/mol. The van der Waals surface area contributed by atoms with Crippen molar-refractivity contribution in [2.75, 3.05) is 0 Å². The molecule has 0 atom stereocenters. The zero-order chi connectivity index (χ0) is 13.2. The molecule has 0 N–H and O–H groups in total. The minimum absolute atomic E-state index is 0.337. The van der Waals surface area contributed by atoms with Crippen LogP contribution in [0.25, 0.3) is 11.0 Å². The predicted octanol–water partition coefficient (Wildman–Crippen LogP) is 2.00. The number of hydrogen-bond donors (Lipinski definition) is 0. The van der Waals surface area contributed by atoms with Crippen LogP contribution in [0.4, 0.5) is 0 Å². The van der Waals surface area contributed by atoms with Gasteiger partial charge in [0.15, 0.2) is 0 Å². The Morgan fingerprint density at radius 1 is 1.32 bits per heavy atom. The van der Waals surface area contributed by atoms with E-state index >= 15 is 0 Å². The minimum atomic E-state index is -0.337. The van der Waals surface area contributed by atoms with E-state index in [9.17, 15) is 4.79 Å². The fraction of sp³-hybridized carbons (Fsp3) is 0.214. The third-order valence-electron chi connectivity index (χ3n) is 3.11. The maximum absolute atomic E-state index is 11.6. The number of nitrogens with zero attached hydrogens (tertiary/aromatic N) is 3. The first-order valence-electron chi connectivity index (χ1n) is 6.16. The van der Waals surface area contributed by atoms with E-state index in [1.807, 2.05) is 18.2 Å². The summed E-state index contributed by atoms with van der Waals surface area (Å²) in [6.45, 7) is 2.58. The van der Waals surface area contributed by atoms with Crippen LogP contribution >= 0.6 is 0 Å². The van der Waals surface area contributed by atoms with Crippen molar-refractivity contribution in [1.29, 1.82) is 0 Å². The Labute approximate surface area is 109 Å². The Hall–Kier alpha value is -2.43. The van der Waals surface area contributed by atoms with Gasteiger partial charge >= 0.3 is 5.63 Å². The first kappa shape index (κ1) is 11.6. The van der Waals surface area contributed by atoms with E-state index in [1.165, 1.54) is 6.07 Å². The molecule has 5 nitrogen and oxygen atoms in total. The zero-order valence-corrected chi connectivity index (χ0v) is 10.5. The lowest BCUT2D eigenvalue weighted by Gasteiger charge is -2.06. The molecule has 0 fully saturated rings. The van der Waals surface area contributed by atoms with Gasteiger partial charge in [0.25, 0.3) is 0 Å². The maximum atomic E-state index is 11.6. The quantitative estimate of drug-likeness (QED) is 0.671. The van der Waals surface area contributed by atoms with Crippen molar-refractivity contribution in [2.45, 2.75) is 19.9 Å². The van der Waals surface area contributed by atoms with Crippen LogP contribution in [0, 0.1) is 0 Å². The highest BCUT2D eigenvalue weighted by Crippen LogP contribution is 2.19. The lowest BCUT2D eigenvalue weighted by Crippen LogP contribution is -2.06. The molecule has 0 amide bonds. The van der Waals surface area contributed by atoms with Crippen LogP contribution in [-0.4, -0.2) is 15.0 Å². The number of rotatable bonds is 3. The Morgan fingerprint density at radius 2 is 2.21 bits per heavy atom. The second kappa shape index (κ2) is 4.68. The lowest BCUT2D eigenvalue weighted by atomic mass is 10.1. The minimum Gasteiger partial charge on any atom is -0.423 e. The molecule has 19 heavy (non-hydrogen) atoms. The summed E-state index contributed by atoms with van der Waals surface area (Å²) in [5.74, 6) is 0. The number of fused-ring (bicyclic) bond motifs is 1. The average Bonchev–Trinajstić information content (AvgIpc) is 2.90. The molecule has 0 radical (unpaired) electrons. The highest BCUT2D eigenvalue weighted by molar-refractivity contribution is 5.80. The van der Waals surface area contributed by atoms with Crippen molar-refractivity contribution in [3.05, 3.63) is 58.2 Å². The van der Waals surface area contributed by atoms with Crippen LogP contribution in [0.15, 0.2) is 45.9 Å². The van der Waals surface area contributed by atoms with E-state index in [1.54, 1.807) is 17.1 Å². The first-order valence-corrected chi connectivity index (χ1v) is 6.16. The van der Waals surface area contributed by atoms with Gasteiger partial charge in [-0.15, -0.1) is 5.10 Å². The highest BCUT2D eigenvalue weighted by Gasteiger charge is 2.07. The van der Waals surface area contributed by atoms with Gasteiger partial charge in [0, 0.05) is 17.6 Å². The maximum Gasteiger partial charge on any atom is 0.336 e. The molecule has 1 aromatic carbocycles. The van der Waals surface area contributed by atoms with Crippen LogP contribution in [0.5, 0.6) is 0 Å². The first-order chi connectivity index (χ1) is 9.26. The molecule has 0 bridgehead atoms. The molecule has 0 aliphatic heterocycles. The van der Waals surface area contributed by atoms with Gasteiger partial charge in [0.2, 0.25) is 0 Å². The SMILES string of the molecule is CCc1ccc2c(Cn3ccnn3)cc(=O)oc2c1. The third kappa shape index (κ3) is 2.27. The second-order valence-electron chi connectivity index (χ2n) is 4.38. The molecule has 0 aliphatic rings. The van der Waals surface area contributed by atoms with Crippen molar-refractivity contribution in [3.63, 3.8) is 0 Å². The van der Waals surface area contributed by atoms with Gasteiger partial charge in [-0.1, -0.05) is 24.3 Å². The summed E-state index contributed by atoms with van der Waals surface area (Å²) in [5, 5.41) is 8.61. The lowest BCUT2D eigenvalue weighted by molar-refractivity contribution is 0.555. The summed E-state index contributed by atoms with van der Waals surface area (Å²) in [4.78, 5) is 11.6. The summed E-state index contributed by atoms with van der Waals surface area (Å²) in [5.41, 5.74) is 2.32. The van der Waals surface area contributed by atoms with E-state index in [0.29, 0.717) is 12.1 Å². The molecule has 0 aliphatic carbocycles. The molecule has 96 valence electrons. The molecule has 0 saturated heterocycles. The number of aryl methyl sites for hydroxylation is 1. The van der Waals surface area contributed by atoms with Gasteiger partial charge in [0.1, 0.15) is 5.58 Å². The van der Waals surface area contributed by atoms with Crippen molar-refractivity contribution >= 4 is 11.0 Å². The topological polar surface area (TPSA) is 60.9 Å². The molecule has 3 aromatic rings. The van der Waals surface area contributed by atoms with Gasteiger partial charge < -0.3 is 4.42 Å². The van der Waals surface area contributed by atoms with Crippen LogP contribution < -0.4 is 5.63 Å². The van der Waals surface area contributed by atoms with Gasteiger partial charge in [-0.05, 0) is 23.6 Å². The highest BCUT2D eigenvalue weighted by atomic mass is 16.4. The molecule has 5 heteroatoms. The normalized spacial score (nSPS) is 11.0.